The van der Waals surface area contributed by atoms with E-state index >= 15 is 0 Å². The number of aromatic nitrogens is 2. The first-order chi connectivity index (χ1) is 16.3. The van der Waals surface area contributed by atoms with Crippen LogP contribution in [0.5, 0.6) is 0 Å². The van der Waals surface area contributed by atoms with Crippen molar-refractivity contribution in [1.29, 1.82) is 0 Å². The highest BCUT2D eigenvalue weighted by Gasteiger charge is 2.33. The number of benzene rings is 2. The Labute approximate surface area is 200 Å². The van der Waals surface area contributed by atoms with E-state index in [1.165, 1.54) is 5.56 Å². The number of nitrogens with zero attached hydrogens (tertiary/aromatic N) is 4. The van der Waals surface area contributed by atoms with Gasteiger partial charge in [-0.25, -0.2) is 8.78 Å². The summed E-state index contributed by atoms with van der Waals surface area (Å²) in [6, 6.07) is 16.4. The average Bonchev–Trinajstić information content (AvgIpc) is 3.18. The van der Waals surface area contributed by atoms with Crippen LogP contribution in [0.3, 0.4) is 0 Å². The fourth-order valence-electron chi connectivity index (χ4n) is 5.02. The van der Waals surface area contributed by atoms with Crippen LogP contribution >= 0.6 is 0 Å². The lowest BCUT2D eigenvalue weighted by Gasteiger charge is -2.40. The number of aryl methyl sites for hydroxylation is 2. The van der Waals surface area contributed by atoms with Crippen molar-refractivity contribution in [2.45, 2.75) is 38.8 Å². The van der Waals surface area contributed by atoms with E-state index in [-0.39, 0.29) is 11.9 Å². The number of rotatable bonds is 7. The molecule has 1 saturated heterocycles. The molecule has 2 heterocycles. The molecule has 2 aromatic carbocycles. The van der Waals surface area contributed by atoms with Crippen LogP contribution in [-0.4, -0.2) is 51.7 Å². The van der Waals surface area contributed by atoms with Gasteiger partial charge in [0.05, 0.1) is 5.69 Å². The second-order valence-corrected chi connectivity index (χ2v) is 9.29. The van der Waals surface area contributed by atoms with Crippen LogP contribution in [0.25, 0.3) is 0 Å². The third kappa shape index (κ3) is 5.36. The van der Waals surface area contributed by atoms with Crippen molar-refractivity contribution in [3.63, 3.8) is 0 Å². The van der Waals surface area contributed by atoms with E-state index in [0.717, 1.165) is 44.1 Å². The first-order valence-corrected chi connectivity index (χ1v) is 11.8. The van der Waals surface area contributed by atoms with E-state index in [0.29, 0.717) is 23.7 Å². The summed E-state index contributed by atoms with van der Waals surface area (Å²) in [5.41, 5.74) is 2.98. The van der Waals surface area contributed by atoms with Gasteiger partial charge in [-0.1, -0.05) is 42.5 Å². The third-order valence-corrected chi connectivity index (χ3v) is 6.93. The van der Waals surface area contributed by atoms with E-state index < -0.39 is 11.6 Å². The van der Waals surface area contributed by atoms with Gasteiger partial charge in [0.1, 0.15) is 5.69 Å². The number of likely N-dealkylation sites (tertiary alicyclic amines) is 1. The Morgan fingerprint density at radius 1 is 1.12 bits per heavy atom. The summed E-state index contributed by atoms with van der Waals surface area (Å²) in [4.78, 5) is 17.4. The normalized spacial score (nSPS) is 15.9. The van der Waals surface area contributed by atoms with Crippen molar-refractivity contribution >= 4 is 5.91 Å². The zero-order chi connectivity index (χ0) is 24.2. The average molecular weight is 467 g/mol. The first-order valence-electron chi connectivity index (χ1n) is 11.8. The highest BCUT2D eigenvalue weighted by molar-refractivity contribution is 5.92. The number of amides is 1. The number of hydrogen-bond acceptors (Lipinski definition) is 3. The molecule has 1 aliphatic rings. The summed E-state index contributed by atoms with van der Waals surface area (Å²) >= 11 is 0. The number of hydrogen-bond donors (Lipinski definition) is 0. The lowest BCUT2D eigenvalue weighted by atomic mass is 9.84. The molecule has 7 heteroatoms. The van der Waals surface area contributed by atoms with Gasteiger partial charge < -0.3 is 4.90 Å². The van der Waals surface area contributed by atoms with Crippen LogP contribution in [0.1, 0.15) is 40.2 Å². The molecule has 180 valence electrons. The standard InChI is InChI=1S/C27H32F2N4O/c1-19-16-25(32(3)30-19)27(34)31(2)24(17-20-8-5-4-6-9-20)21-12-14-33(15-13-21)18-22-10-7-11-23(28)26(22)29/h4-11,16,21,24H,12-15,17-18H2,1-3H3. The molecule has 1 atom stereocenters. The maximum absolute atomic E-state index is 14.1. The van der Waals surface area contributed by atoms with Gasteiger partial charge >= 0.3 is 0 Å². The molecule has 5 nitrogen and oxygen atoms in total. The van der Waals surface area contributed by atoms with Gasteiger partial charge in [-0.15, -0.1) is 0 Å². The topological polar surface area (TPSA) is 41.4 Å². The molecule has 0 N–H and O–H groups in total. The van der Waals surface area contributed by atoms with Gasteiger partial charge in [0.25, 0.3) is 5.91 Å². The minimum absolute atomic E-state index is 0.0261. The Kier molecular flexibility index (Phi) is 7.41. The zero-order valence-corrected chi connectivity index (χ0v) is 20.0. The monoisotopic (exact) mass is 466 g/mol. The largest absolute Gasteiger partial charge is 0.337 e. The lowest BCUT2D eigenvalue weighted by molar-refractivity contribution is 0.0574. The molecule has 0 spiro atoms. The molecular formula is C27H32F2N4O. The highest BCUT2D eigenvalue weighted by atomic mass is 19.2. The molecule has 1 aromatic heterocycles. The fraction of sp³-hybridized carbons (Fsp3) is 0.407. The van der Waals surface area contributed by atoms with E-state index in [4.69, 9.17) is 0 Å². The minimum atomic E-state index is -0.805. The van der Waals surface area contributed by atoms with Crippen molar-refractivity contribution in [1.82, 2.24) is 19.6 Å². The highest BCUT2D eigenvalue weighted by Crippen LogP contribution is 2.28. The Bertz CT molecular complexity index is 1120. The Morgan fingerprint density at radius 3 is 2.47 bits per heavy atom. The van der Waals surface area contributed by atoms with Gasteiger partial charge in [0.2, 0.25) is 0 Å². The van der Waals surface area contributed by atoms with E-state index in [1.807, 2.05) is 43.1 Å². The van der Waals surface area contributed by atoms with E-state index in [1.54, 1.807) is 23.9 Å². The van der Waals surface area contributed by atoms with Crippen LogP contribution in [0, 0.1) is 24.5 Å². The molecule has 1 amide bonds. The Hall–Kier alpha value is -3.06. The van der Waals surface area contributed by atoms with Gasteiger partial charge in [0.15, 0.2) is 11.6 Å². The first kappa shape index (κ1) is 24.1. The quantitative estimate of drug-likeness (QED) is 0.511. The summed E-state index contributed by atoms with van der Waals surface area (Å²) in [6.07, 6.45) is 2.54. The van der Waals surface area contributed by atoms with Gasteiger partial charge in [0, 0.05) is 32.2 Å². The second-order valence-electron chi connectivity index (χ2n) is 9.29. The molecular weight excluding hydrogens is 434 g/mol. The van der Waals surface area contributed by atoms with E-state index in [2.05, 4.69) is 22.1 Å². The molecule has 0 aliphatic carbocycles. The number of piperidine rings is 1. The van der Waals surface area contributed by atoms with Crippen LogP contribution in [-0.2, 0) is 20.0 Å². The van der Waals surface area contributed by atoms with Crippen molar-refractivity contribution < 1.29 is 13.6 Å². The Balaban J connectivity index is 1.49. The fourth-order valence-corrected chi connectivity index (χ4v) is 5.02. The lowest BCUT2D eigenvalue weighted by Crippen LogP contribution is -2.47. The van der Waals surface area contributed by atoms with Crippen LogP contribution < -0.4 is 0 Å². The molecule has 3 aromatic rings. The zero-order valence-electron chi connectivity index (χ0n) is 20.0. The molecule has 34 heavy (non-hydrogen) atoms. The summed E-state index contributed by atoms with van der Waals surface area (Å²) in [5, 5.41) is 4.34. The van der Waals surface area contributed by atoms with Crippen LogP contribution in [0.15, 0.2) is 54.6 Å². The van der Waals surface area contributed by atoms with Crippen molar-refractivity contribution in [2.24, 2.45) is 13.0 Å². The molecule has 0 saturated carbocycles. The summed E-state index contributed by atoms with van der Waals surface area (Å²) in [7, 11) is 3.68. The minimum Gasteiger partial charge on any atom is -0.337 e. The summed E-state index contributed by atoms with van der Waals surface area (Å²) in [6.45, 7) is 3.83. The van der Waals surface area contributed by atoms with Gasteiger partial charge in [-0.2, -0.15) is 5.10 Å². The van der Waals surface area contributed by atoms with Crippen molar-refractivity contribution in [3.8, 4) is 0 Å². The van der Waals surface area contributed by atoms with E-state index in [9.17, 15) is 13.6 Å². The van der Waals surface area contributed by atoms with Crippen LogP contribution in [0.4, 0.5) is 8.78 Å². The number of carbonyl (C=O) groups is 1. The smallest absolute Gasteiger partial charge is 0.272 e. The second kappa shape index (κ2) is 10.5. The molecule has 0 bridgehead atoms. The summed E-state index contributed by atoms with van der Waals surface area (Å²) in [5.74, 6) is -1.30. The molecule has 0 radical (unpaired) electrons. The van der Waals surface area contributed by atoms with Crippen molar-refractivity contribution in [2.75, 3.05) is 20.1 Å². The summed E-state index contributed by atoms with van der Waals surface area (Å²) < 4.78 is 29.4. The molecule has 1 aliphatic heterocycles. The predicted molar refractivity (Wildman–Crippen MR) is 128 cm³/mol. The molecule has 1 unspecified atom stereocenters. The Morgan fingerprint density at radius 2 is 1.82 bits per heavy atom. The number of likely N-dealkylation sites (N-methyl/N-ethyl adjacent to an activating group) is 1. The maximum Gasteiger partial charge on any atom is 0.272 e. The van der Waals surface area contributed by atoms with Crippen LogP contribution in [0.2, 0.25) is 0 Å². The molecule has 4 rings (SSSR count). The third-order valence-electron chi connectivity index (χ3n) is 6.93. The van der Waals surface area contributed by atoms with Crippen molar-refractivity contribution in [3.05, 3.63) is 88.7 Å². The number of carbonyl (C=O) groups excluding carboxylic acids is 1. The predicted octanol–water partition coefficient (Wildman–Crippen LogP) is 4.60. The maximum atomic E-state index is 14.1. The van der Waals surface area contributed by atoms with Gasteiger partial charge in [-0.3, -0.25) is 14.4 Å². The molecule has 1 fully saturated rings. The number of halogens is 2. The SMILES string of the molecule is Cc1cc(C(=O)N(C)C(Cc2ccccc2)C2CCN(Cc3cccc(F)c3F)CC2)n(C)n1. The van der Waals surface area contributed by atoms with Gasteiger partial charge in [-0.05, 0) is 62.9 Å².